The molecule has 0 radical (unpaired) electrons. The molecule has 3 rings (SSSR count). The van der Waals surface area contributed by atoms with Crippen LogP contribution >= 0.6 is 15.9 Å². The number of rotatable bonds is 2. The molecule has 0 aliphatic heterocycles. The zero-order valence-electron chi connectivity index (χ0n) is 11.2. The lowest BCUT2D eigenvalue weighted by Crippen LogP contribution is -2.03. The number of nitro benzene ring substituents is 1. The lowest BCUT2D eigenvalue weighted by molar-refractivity contribution is -0.384. The van der Waals surface area contributed by atoms with Gasteiger partial charge in [0.15, 0.2) is 11.6 Å². The zero-order valence-corrected chi connectivity index (χ0v) is 12.7. The van der Waals surface area contributed by atoms with Gasteiger partial charge in [-0.25, -0.2) is 9.97 Å². The van der Waals surface area contributed by atoms with E-state index in [1.165, 1.54) is 12.1 Å². The van der Waals surface area contributed by atoms with E-state index in [-0.39, 0.29) is 17.3 Å². The van der Waals surface area contributed by atoms with Crippen LogP contribution in [0.5, 0.6) is 0 Å². The van der Waals surface area contributed by atoms with Crippen LogP contribution in [0.15, 0.2) is 40.9 Å². The minimum Gasteiger partial charge on any atom is -0.381 e. The summed E-state index contributed by atoms with van der Waals surface area (Å²) >= 11 is 3.36. The molecule has 7 nitrogen and oxygen atoms in total. The highest BCUT2D eigenvalue weighted by atomic mass is 79.9. The summed E-state index contributed by atoms with van der Waals surface area (Å²) in [4.78, 5) is 19.2. The fourth-order valence-corrected chi connectivity index (χ4v) is 2.62. The van der Waals surface area contributed by atoms with Gasteiger partial charge in [0, 0.05) is 10.5 Å². The third-order valence-electron chi connectivity index (χ3n) is 3.18. The fourth-order valence-electron chi connectivity index (χ4n) is 2.22. The number of nitrogen functional groups attached to an aromatic ring is 2. The maximum atomic E-state index is 11.4. The fraction of sp³-hybridized carbons (Fsp3) is 0. The van der Waals surface area contributed by atoms with Gasteiger partial charge in [-0.05, 0) is 23.8 Å². The Morgan fingerprint density at radius 3 is 2.50 bits per heavy atom. The second kappa shape index (κ2) is 5.23. The predicted molar refractivity (Wildman–Crippen MR) is 88.2 cm³/mol. The molecule has 0 aliphatic rings. The van der Waals surface area contributed by atoms with Gasteiger partial charge in [0.1, 0.15) is 5.52 Å². The van der Waals surface area contributed by atoms with Crippen molar-refractivity contribution in [2.24, 2.45) is 0 Å². The Balaban J connectivity index is 2.45. The van der Waals surface area contributed by atoms with Crippen molar-refractivity contribution in [2.45, 2.75) is 0 Å². The van der Waals surface area contributed by atoms with Gasteiger partial charge in [0.25, 0.3) is 5.69 Å². The van der Waals surface area contributed by atoms with Gasteiger partial charge in [-0.2, -0.15) is 0 Å². The SMILES string of the molecule is Nc1nc2ccc([N+](=O)[O-])c(-c3cccc(Br)c3)c2nc1N. The summed E-state index contributed by atoms with van der Waals surface area (Å²) in [6, 6.07) is 10.1. The number of hydrogen-bond acceptors (Lipinski definition) is 6. The number of aromatic nitrogens is 2. The average molecular weight is 360 g/mol. The van der Waals surface area contributed by atoms with Gasteiger partial charge in [-0.3, -0.25) is 10.1 Å². The third kappa shape index (κ3) is 2.33. The van der Waals surface area contributed by atoms with E-state index < -0.39 is 4.92 Å². The molecule has 8 heteroatoms. The van der Waals surface area contributed by atoms with E-state index in [0.29, 0.717) is 22.2 Å². The zero-order chi connectivity index (χ0) is 15.9. The first-order chi connectivity index (χ1) is 10.5. The topological polar surface area (TPSA) is 121 Å². The van der Waals surface area contributed by atoms with Crippen LogP contribution in [-0.4, -0.2) is 14.9 Å². The maximum Gasteiger partial charge on any atom is 0.279 e. The molecule has 0 atom stereocenters. The second-order valence-corrected chi connectivity index (χ2v) is 5.50. The molecule has 3 aromatic rings. The van der Waals surface area contributed by atoms with Gasteiger partial charge in [0.2, 0.25) is 0 Å². The van der Waals surface area contributed by atoms with Crippen molar-refractivity contribution in [3.63, 3.8) is 0 Å². The molecule has 4 N–H and O–H groups in total. The molecule has 0 saturated carbocycles. The van der Waals surface area contributed by atoms with Crippen molar-refractivity contribution in [3.05, 3.63) is 51.0 Å². The van der Waals surface area contributed by atoms with E-state index in [2.05, 4.69) is 25.9 Å². The van der Waals surface area contributed by atoms with Crippen LogP contribution < -0.4 is 11.5 Å². The van der Waals surface area contributed by atoms with Gasteiger partial charge in [0.05, 0.1) is 16.0 Å². The maximum absolute atomic E-state index is 11.4. The van der Waals surface area contributed by atoms with E-state index in [4.69, 9.17) is 11.5 Å². The summed E-state index contributed by atoms with van der Waals surface area (Å²) in [7, 11) is 0. The number of fused-ring (bicyclic) bond motifs is 1. The van der Waals surface area contributed by atoms with Crippen molar-refractivity contribution >= 4 is 44.3 Å². The number of anilines is 2. The minimum absolute atomic E-state index is 0.0456. The number of hydrogen-bond donors (Lipinski definition) is 2. The summed E-state index contributed by atoms with van der Waals surface area (Å²) in [5.74, 6) is 0.144. The largest absolute Gasteiger partial charge is 0.381 e. The lowest BCUT2D eigenvalue weighted by Gasteiger charge is -2.09. The summed E-state index contributed by atoms with van der Waals surface area (Å²) in [6.07, 6.45) is 0. The Labute approximate surface area is 133 Å². The van der Waals surface area contributed by atoms with Crippen molar-refractivity contribution in [3.8, 4) is 11.1 Å². The van der Waals surface area contributed by atoms with Crippen LogP contribution in [0.2, 0.25) is 0 Å². The molecule has 0 saturated heterocycles. The Morgan fingerprint density at radius 1 is 1.09 bits per heavy atom. The average Bonchev–Trinajstić information content (AvgIpc) is 2.47. The summed E-state index contributed by atoms with van der Waals surface area (Å²) in [5.41, 5.74) is 13.1. The van der Waals surface area contributed by atoms with Crippen molar-refractivity contribution < 1.29 is 4.92 Å². The molecule has 2 aromatic carbocycles. The van der Waals surface area contributed by atoms with E-state index >= 15 is 0 Å². The quantitative estimate of drug-likeness (QED) is 0.535. The smallest absolute Gasteiger partial charge is 0.279 e. The van der Waals surface area contributed by atoms with Crippen LogP contribution in [0.3, 0.4) is 0 Å². The molecule has 0 unspecified atom stereocenters. The minimum atomic E-state index is -0.454. The van der Waals surface area contributed by atoms with Crippen LogP contribution in [0.25, 0.3) is 22.2 Å². The Kier molecular flexibility index (Phi) is 3.38. The summed E-state index contributed by atoms with van der Waals surface area (Å²) < 4.78 is 0.799. The lowest BCUT2D eigenvalue weighted by atomic mass is 10.0. The van der Waals surface area contributed by atoms with E-state index in [1.54, 1.807) is 18.2 Å². The normalized spacial score (nSPS) is 10.8. The van der Waals surface area contributed by atoms with Gasteiger partial charge >= 0.3 is 0 Å². The van der Waals surface area contributed by atoms with Crippen molar-refractivity contribution in [1.82, 2.24) is 9.97 Å². The monoisotopic (exact) mass is 359 g/mol. The Hall–Kier alpha value is -2.74. The molecule has 110 valence electrons. The number of halogens is 1. The standard InChI is InChI=1S/C14H10BrN5O2/c15-8-3-1-2-7(6-8)11-10(20(21)22)5-4-9-12(11)19-14(17)13(16)18-9/h1-6H,(H2,16,18)(H2,17,19). The molecule has 0 spiro atoms. The third-order valence-corrected chi connectivity index (χ3v) is 3.67. The van der Waals surface area contributed by atoms with Crippen LogP contribution in [-0.2, 0) is 0 Å². The Bertz CT molecular complexity index is 913. The molecule has 1 heterocycles. The number of nitrogens with zero attached hydrogens (tertiary/aromatic N) is 3. The highest BCUT2D eigenvalue weighted by Gasteiger charge is 2.21. The highest BCUT2D eigenvalue weighted by Crippen LogP contribution is 2.37. The van der Waals surface area contributed by atoms with Gasteiger partial charge < -0.3 is 11.5 Å². The van der Waals surface area contributed by atoms with Crippen LogP contribution in [0.4, 0.5) is 17.3 Å². The molecular formula is C14H10BrN5O2. The molecule has 0 amide bonds. The molecule has 0 aliphatic carbocycles. The Morgan fingerprint density at radius 2 is 1.82 bits per heavy atom. The number of nitro groups is 1. The first-order valence-corrected chi connectivity index (χ1v) is 7.02. The molecule has 22 heavy (non-hydrogen) atoms. The molecule has 0 fully saturated rings. The number of benzene rings is 2. The second-order valence-electron chi connectivity index (χ2n) is 4.59. The predicted octanol–water partition coefficient (Wildman–Crippen LogP) is 3.13. The molecule has 1 aromatic heterocycles. The molecule has 0 bridgehead atoms. The first kappa shape index (κ1) is 14.2. The van der Waals surface area contributed by atoms with E-state index in [1.807, 2.05) is 6.07 Å². The van der Waals surface area contributed by atoms with E-state index in [0.717, 1.165) is 4.47 Å². The van der Waals surface area contributed by atoms with Crippen LogP contribution in [0, 0.1) is 10.1 Å². The highest BCUT2D eigenvalue weighted by molar-refractivity contribution is 9.10. The summed E-state index contributed by atoms with van der Waals surface area (Å²) in [5, 5.41) is 11.4. The number of nitrogens with two attached hydrogens (primary N) is 2. The van der Waals surface area contributed by atoms with Crippen molar-refractivity contribution in [1.29, 1.82) is 0 Å². The van der Waals surface area contributed by atoms with Gasteiger partial charge in [-0.1, -0.05) is 28.1 Å². The van der Waals surface area contributed by atoms with E-state index in [9.17, 15) is 10.1 Å². The molecular weight excluding hydrogens is 350 g/mol. The van der Waals surface area contributed by atoms with Gasteiger partial charge in [-0.15, -0.1) is 0 Å². The summed E-state index contributed by atoms with van der Waals surface area (Å²) in [6.45, 7) is 0. The van der Waals surface area contributed by atoms with Crippen LogP contribution in [0.1, 0.15) is 0 Å². The first-order valence-electron chi connectivity index (χ1n) is 6.23. The van der Waals surface area contributed by atoms with Crippen molar-refractivity contribution in [2.75, 3.05) is 11.5 Å².